The Morgan fingerprint density at radius 2 is 1.56 bits per heavy atom. The van der Waals surface area contributed by atoms with E-state index in [1.54, 1.807) is 56.6 Å². The number of fused-ring (bicyclic) bond motifs is 1. The van der Waals surface area contributed by atoms with Gasteiger partial charge in [0.15, 0.2) is 0 Å². The summed E-state index contributed by atoms with van der Waals surface area (Å²) in [7, 11) is 3.31. The molecule has 34 heavy (non-hydrogen) atoms. The van der Waals surface area contributed by atoms with Crippen LogP contribution in [0.5, 0.6) is 0 Å². The highest BCUT2D eigenvalue weighted by Gasteiger charge is 2.18. The number of carbonyl (C=O) groups is 2. The van der Waals surface area contributed by atoms with Crippen LogP contribution in [0.1, 0.15) is 20.7 Å². The molecular weight excluding hydrogens is 462 g/mol. The molecule has 4 aromatic rings. The molecule has 0 aliphatic heterocycles. The molecule has 0 saturated heterocycles. The third kappa shape index (κ3) is 4.14. The minimum absolute atomic E-state index is 0.0259. The molecule has 172 valence electrons. The minimum Gasteiger partial charge on any atom is -0.322 e. The molecule has 0 radical (unpaired) electrons. The van der Waals surface area contributed by atoms with Crippen molar-refractivity contribution >= 4 is 51.5 Å². The number of rotatable bonds is 5. The Labute approximate surface area is 197 Å². The number of non-ortho nitro benzene ring substituents is 1. The molecule has 0 bridgehead atoms. The lowest BCUT2D eigenvalue weighted by Crippen LogP contribution is -2.19. The minimum atomic E-state index is -0.624. The normalized spacial score (nSPS) is 10.8. The fourth-order valence-corrected chi connectivity index (χ4v) is 3.83. The van der Waals surface area contributed by atoms with E-state index in [1.807, 2.05) is 0 Å². The average molecular weight is 480 g/mol. The molecule has 4 rings (SSSR count). The van der Waals surface area contributed by atoms with Gasteiger partial charge >= 0.3 is 5.69 Å². The van der Waals surface area contributed by atoms with Crippen LogP contribution in [0, 0.1) is 10.1 Å². The summed E-state index contributed by atoms with van der Waals surface area (Å²) in [5, 5.41) is 16.2. The Bertz CT molecular complexity index is 1540. The maximum absolute atomic E-state index is 13.0. The first-order valence-corrected chi connectivity index (χ1v) is 10.4. The summed E-state index contributed by atoms with van der Waals surface area (Å²) in [6.45, 7) is 0. The number of amides is 2. The smallest absolute Gasteiger partial charge is 0.322 e. The summed E-state index contributed by atoms with van der Waals surface area (Å²) in [5.74, 6) is -1.10. The molecular formula is C23H18ClN5O5. The molecule has 2 N–H and O–H groups in total. The van der Waals surface area contributed by atoms with Crippen LogP contribution in [0.3, 0.4) is 0 Å². The zero-order valence-electron chi connectivity index (χ0n) is 18.0. The molecule has 0 spiro atoms. The van der Waals surface area contributed by atoms with Crippen molar-refractivity contribution in [3.05, 3.63) is 97.4 Å². The van der Waals surface area contributed by atoms with E-state index in [-0.39, 0.29) is 33.2 Å². The van der Waals surface area contributed by atoms with Crippen LogP contribution in [-0.4, -0.2) is 25.9 Å². The highest BCUT2D eigenvalue weighted by atomic mass is 35.5. The van der Waals surface area contributed by atoms with Crippen molar-refractivity contribution in [1.29, 1.82) is 0 Å². The van der Waals surface area contributed by atoms with Crippen LogP contribution >= 0.6 is 11.6 Å². The first kappa shape index (κ1) is 22.7. The van der Waals surface area contributed by atoms with Crippen molar-refractivity contribution in [2.24, 2.45) is 14.1 Å². The Morgan fingerprint density at radius 3 is 2.26 bits per heavy atom. The molecule has 0 atom stereocenters. The van der Waals surface area contributed by atoms with Gasteiger partial charge in [0.2, 0.25) is 0 Å². The van der Waals surface area contributed by atoms with Gasteiger partial charge in [0.05, 0.1) is 37.8 Å². The summed E-state index contributed by atoms with van der Waals surface area (Å²) >= 11 is 6.05. The largest absolute Gasteiger partial charge is 0.328 e. The third-order valence-electron chi connectivity index (χ3n) is 5.36. The van der Waals surface area contributed by atoms with Crippen molar-refractivity contribution < 1.29 is 14.5 Å². The highest BCUT2D eigenvalue weighted by Crippen LogP contribution is 2.25. The first-order valence-electron chi connectivity index (χ1n) is 9.98. The molecule has 10 nitrogen and oxygen atoms in total. The SMILES string of the molecule is Cn1c(=O)n(C)c2cc(NC(=O)c3ccccc3NC(=O)c3ccc([N+](=O)[O-])cc3Cl)ccc21. The van der Waals surface area contributed by atoms with Gasteiger partial charge in [-0.1, -0.05) is 23.7 Å². The predicted molar refractivity (Wildman–Crippen MR) is 129 cm³/mol. The Kier molecular flexibility index (Phi) is 5.91. The lowest BCUT2D eigenvalue weighted by molar-refractivity contribution is -0.384. The Morgan fingerprint density at radius 1 is 0.882 bits per heavy atom. The second kappa shape index (κ2) is 8.83. The van der Waals surface area contributed by atoms with Gasteiger partial charge in [-0.25, -0.2) is 4.79 Å². The van der Waals surface area contributed by atoms with E-state index in [9.17, 15) is 24.5 Å². The van der Waals surface area contributed by atoms with E-state index in [1.165, 1.54) is 21.3 Å². The van der Waals surface area contributed by atoms with E-state index in [0.29, 0.717) is 11.2 Å². The number of carbonyl (C=O) groups excluding carboxylic acids is 2. The number of halogens is 1. The van der Waals surface area contributed by atoms with Crippen LogP contribution in [0.4, 0.5) is 17.1 Å². The zero-order valence-corrected chi connectivity index (χ0v) is 18.8. The summed E-state index contributed by atoms with van der Waals surface area (Å²) in [4.78, 5) is 48.1. The van der Waals surface area contributed by atoms with Crippen LogP contribution < -0.4 is 16.3 Å². The zero-order chi connectivity index (χ0) is 24.6. The lowest BCUT2D eigenvalue weighted by atomic mass is 10.1. The molecule has 0 aliphatic carbocycles. The molecule has 1 heterocycles. The number of nitro groups is 1. The molecule has 2 amide bonds. The number of hydrogen-bond acceptors (Lipinski definition) is 5. The van der Waals surface area contributed by atoms with Crippen LogP contribution in [0.25, 0.3) is 11.0 Å². The maximum atomic E-state index is 13.0. The van der Waals surface area contributed by atoms with Crippen molar-refractivity contribution in [1.82, 2.24) is 9.13 Å². The molecule has 0 fully saturated rings. The van der Waals surface area contributed by atoms with Crippen molar-refractivity contribution in [3.8, 4) is 0 Å². The number of hydrogen-bond donors (Lipinski definition) is 2. The summed E-state index contributed by atoms with van der Waals surface area (Å²) in [5.41, 5.74) is 1.86. The Balaban J connectivity index is 1.59. The summed E-state index contributed by atoms with van der Waals surface area (Å²) in [6, 6.07) is 15.0. The fraction of sp³-hybridized carbons (Fsp3) is 0.0870. The van der Waals surface area contributed by atoms with Gasteiger partial charge in [-0.3, -0.25) is 28.8 Å². The second-order valence-corrected chi connectivity index (χ2v) is 7.89. The van der Waals surface area contributed by atoms with Gasteiger partial charge in [0, 0.05) is 31.9 Å². The van der Waals surface area contributed by atoms with Crippen molar-refractivity contribution in [3.63, 3.8) is 0 Å². The number of imidazole rings is 1. The number of anilines is 2. The molecule has 1 aromatic heterocycles. The molecule has 3 aromatic carbocycles. The van der Waals surface area contributed by atoms with Crippen molar-refractivity contribution in [2.75, 3.05) is 10.6 Å². The number of aromatic nitrogens is 2. The number of nitrogens with one attached hydrogen (secondary N) is 2. The predicted octanol–water partition coefficient (Wildman–Crippen LogP) is 3.94. The quantitative estimate of drug-likeness (QED) is 0.331. The van der Waals surface area contributed by atoms with Gasteiger partial charge in [0.1, 0.15) is 0 Å². The second-order valence-electron chi connectivity index (χ2n) is 7.48. The number of para-hydroxylation sites is 1. The van der Waals surface area contributed by atoms with Crippen LogP contribution in [0.15, 0.2) is 65.5 Å². The first-order chi connectivity index (χ1) is 16.2. The van der Waals surface area contributed by atoms with E-state index in [0.717, 1.165) is 11.6 Å². The number of benzene rings is 3. The highest BCUT2D eigenvalue weighted by molar-refractivity contribution is 6.34. The maximum Gasteiger partial charge on any atom is 0.328 e. The topological polar surface area (TPSA) is 128 Å². The summed E-state index contributed by atoms with van der Waals surface area (Å²) in [6.07, 6.45) is 0. The van der Waals surface area contributed by atoms with Crippen LogP contribution in [-0.2, 0) is 14.1 Å². The number of nitro benzene ring substituents is 1. The van der Waals surface area contributed by atoms with Gasteiger partial charge in [-0.15, -0.1) is 0 Å². The lowest BCUT2D eigenvalue weighted by Gasteiger charge is -2.12. The van der Waals surface area contributed by atoms with E-state index < -0.39 is 16.7 Å². The van der Waals surface area contributed by atoms with E-state index >= 15 is 0 Å². The van der Waals surface area contributed by atoms with E-state index in [4.69, 9.17) is 11.6 Å². The summed E-state index contributed by atoms with van der Waals surface area (Å²) < 4.78 is 2.99. The van der Waals surface area contributed by atoms with Gasteiger partial charge in [-0.2, -0.15) is 0 Å². The van der Waals surface area contributed by atoms with Crippen LogP contribution in [0.2, 0.25) is 5.02 Å². The van der Waals surface area contributed by atoms with E-state index in [2.05, 4.69) is 10.6 Å². The van der Waals surface area contributed by atoms with Gasteiger partial charge in [0.25, 0.3) is 17.5 Å². The standard InChI is InChI=1S/C23H18ClN5O5/c1-27-19-10-7-13(11-20(19)28(2)23(27)32)25-22(31)16-5-3-4-6-18(16)26-21(30)15-9-8-14(29(33)34)12-17(15)24/h3-12H,1-2H3,(H,25,31)(H,26,30). The molecule has 0 unspecified atom stereocenters. The average Bonchev–Trinajstić information content (AvgIpc) is 3.02. The van der Waals surface area contributed by atoms with Gasteiger partial charge < -0.3 is 10.6 Å². The molecule has 11 heteroatoms. The number of nitrogens with zero attached hydrogens (tertiary/aromatic N) is 3. The molecule has 0 saturated carbocycles. The molecule has 0 aliphatic rings. The Hall–Kier alpha value is -4.44. The number of aryl methyl sites for hydroxylation is 2. The third-order valence-corrected chi connectivity index (χ3v) is 5.67. The monoisotopic (exact) mass is 479 g/mol. The van der Waals surface area contributed by atoms with Gasteiger partial charge in [-0.05, 0) is 36.4 Å². The van der Waals surface area contributed by atoms with Crippen molar-refractivity contribution in [2.45, 2.75) is 0 Å². The fourth-order valence-electron chi connectivity index (χ4n) is 3.56.